The minimum absolute atomic E-state index is 0.115. The third-order valence-electron chi connectivity index (χ3n) is 3.73. The van der Waals surface area contributed by atoms with Crippen molar-refractivity contribution in [2.75, 3.05) is 0 Å². The fourth-order valence-electron chi connectivity index (χ4n) is 2.47. The molecule has 0 fully saturated rings. The van der Waals surface area contributed by atoms with Crippen molar-refractivity contribution in [3.8, 4) is 0 Å². The summed E-state index contributed by atoms with van der Waals surface area (Å²) >= 11 is 0. The van der Waals surface area contributed by atoms with Crippen LogP contribution in [0.25, 0.3) is 0 Å². The number of carboxylic acids is 1. The molecule has 0 amide bonds. The van der Waals surface area contributed by atoms with E-state index in [2.05, 4.69) is 13.8 Å². The predicted octanol–water partition coefficient (Wildman–Crippen LogP) is 4.77. The van der Waals surface area contributed by atoms with Crippen LogP contribution in [0.3, 0.4) is 0 Å². The number of rotatable bonds is 14. The van der Waals surface area contributed by atoms with Crippen LogP contribution in [0.2, 0.25) is 0 Å². The van der Waals surface area contributed by atoms with Gasteiger partial charge in [0.2, 0.25) is 0 Å². The highest BCUT2D eigenvalue weighted by Gasteiger charge is 2.08. The first-order valence-corrected chi connectivity index (χ1v) is 8.42. The van der Waals surface area contributed by atoms with Crippen LogP contribution < -0.4 is 0 Å². The highest BCUT2D eigenvalue weighted by atomic mass is 16.4. The summed E-state index contributed by atoms with van der Waals surface area (Å²) in [6.07, 6.45) is 12.5. The fraction of sp³-hybridized carbons (Fsp3) is 0.941. The lowest BCUT2D eigenvalue weighted by Crippen LogP contribution is -2.12. The predicted molar refractivity (Wildman–Crippen MR) is 83.9 cm³/mol. The Labute approximate surface area is 124 Å². The molecule has 0 spiro atoms. The van der Waals surface area contributed by atoms with Gasteiger partial charge in [0, 0.05) is 0 Å². The number of carbonyl (C=O) groups is 1. The maximum Gasteiger partial charge on any atom is 0.305 e. The Morgan fingerprint density at radius 1 is 0.800 bits per heavy atom. The smallest absolute Gasteiger partial charge is 0.305 e. The molecule has 20 heavy (non-hydrogen) atoms. The summed E-state index contributed by atoms with van der Waals surface area (Å²) in [6, 6.07) is 0. The van der Waals surface area contributed by atoms with E-state index >= 15 is 0 Å². The molecule has 0 aromatic heterocycles. The van der Waals surface area contributed by atoms with Gasteiger partial charge in [0.05, 0.1) is 12.5 Å². The number of aliphatic carboxylic acids is 1. The third kappa shape index (κ3) is 15.5. The van der Waals surface area contributed by atoms with E-state index in [4.69, 9.17) is 5.11 Å². The minimum atomic E-state index is -0.907. The van der Waals surface area contributed by atoms with Gasteiger partial charge in [0.15, 0.2) is 0 Å². The first-order chi connectivity index (χ1) is 9.52. The second-order valence-electron chi connectivity index (χ2n) is 6.40. The molecule has 0 saturated heterocycles. The molecule has 120 valence electrons. The first kappa shape index (κ1) is 19.4. The molecule has 0 aliphatic carbocycles. The zero-order valence-electron chi connectivity index (χ0n) is 13.4. The van der Waals surface area contributed by atoms with E-state index < -0.39 is 12.1 Å². The molecule has 0 aromatic carbocycles. The average molecular weight is 286 g/mol. The maximum absolute atomic E-state index is 10.4. The molecule has 0 unspecified atom stereocenters. The average Bonchev–Trinajstić information content (AvgIpc) is 2.34. The summed E-state index contributed by atoms with van der Waals surface area (Å²) in [5, 5.41) is 17.9. The van der Waals surface area contributed by atoms with Crippen molar-refractivity contribution in [1.29, 1.82) is 0 Å². The molecule has 0 aliphatic rings. The quantitative estimate of drug-likeness (QED) is 0.452. The maximum atomic E-state index is 10.4. The molecule has 1 atom stereocenters. The molecule has 0 saturated carbocycles. The lowest BCUT2D eigenvalue weighted by atomic mass is 10.0. The second-order valence-corrected chi connectivity index (χ2v) is 6.40. The van der Waals surface area contributed by atoms with Crippen LogP contribution >= 0.6 is 0 Å². The van der Waals surface area contributed by atoms with E-state index in [0.717, 1.165) is 18.8 Å². The molecule has 2 N–H and O–H groups in total. The van der Waals surface area contributed by atoms with Crippen LogP contribution in [-0.4, -0.2) is 22.3 Å². The van der Waals surface area contributed by atoms with Crippen molar-refractivity contribution in [3.05, 3.63) is 0 Å². The summed E-state index contributed by atoms with van der Waals surface area (Å²) in [6.45, 7) is 4.57. The van der Waals surface area contributed by atoms with Gasteiger partial charge < -0.3 is 10.2 Å². The molecule has 3 nitrogen and oxygen atoms in total. The van der Waals surface area contributed by atoms with Crippen molar-refractivity contribution in [3.63, 3.8) is 0 Å². The lowest BCUT2D eigenvalue weighted by molar-refractivity contribution is -0.139. The van der Waals surface area contributed by atoms with Crippen molar-refractivity contribution in [2.24, 2.45) is 5.92 Å². The number of hydrogen-bond donors (Lipinski definition) is 2. The van der Waals surface area contributed by atoms with E-state index in [1.165, 1.54) is 51.4 Å². The second kappa shape index (κ2) is 13.4. The Kier molecular flexibility index (Phi) is 13.0. The van der Waals surface area contributed by atoms with E-state index in [1.807, 2.05) is 0 Å². The molecule has 0 bridgehead atoms. The van der Waals surface area contributed by atoms with Gasteiger partial charge in [0.25, 0.3) is 0 Å². The molecule has 0 rings (SSSR count). The van der Waals surface area contributed by atoms with E-state index in [9.17, 15) is 9.90 Å². The molecule has 3 heteroatoms. The summed E-state index contributed by atoms with van der Waals surface area (Å²) < 4.78 is 0. The molecule has 0 aliphatic heterocycles. The number of hydrogen-bond acceptors (Lipinski definition) is 2. The van der Waals surface area contributed by atoms with Gasteiger partial charge in [-0.2, -0.15) is 0 Å². The Morgan fingerprint density at radius 3 is 1.60 bits per heavy atom. The van der Waals surface area contributed by atoms with Gasteiger partial charge in [-0.05, 0) is 12.3 Å². The van der Waals surface area contributed by atoms with Crippen molar-refractivity contribution in [1.82, 2.24) is 0 Å². The Hall–Kier alpha value is -0.570. The zero-order chi connectivity index (χ0) is 15.2. The number of aliphatic hydroxyl groups is 1. The van der Waals surface area contributed by atoms with Gasteiger partial charge in [-0.15, -0.1) is 0 Å². The normalized spacial score (nSPS) is 12.8. The van der Waals surface area contributed by atoms with E-state index in [-0.39, 0.29) is 6.42 Å². The fourth-order valence-corrected chi connectivity index (χ4v) is 2.47. The Morgan fingerprint density at radius 2 is 1.20 bits per heavy atom. The lowest BCUT2D eigenvalue weighted by Gasteiger charge is -2.07. The molecule has 0 radical (unpaired) electrons. The van der Waals surface area contributed by atoms with Crippen molar-refractivity contribution in [2.45, 2.75) is 97.0 Å². The van der Waals surface area contributed by atoms with E-state index in [0.29, 0.717) is 6.42 Å². The molecular weight excluding hydrogens is 252 g/mol. The summed E-state index contributed by atoms with van der Waals surface area (Å²) in [4.78, 5) is 10.4. The van der Waals surface area contributed by atoms with Crippen LogP contribution in [0.15, 0.2) is 0 Å². The van der Waals surface area contributed by atoms with Crippen LogP contribution in [0.4, 0.5) is 0 Å². The SMILES string of the molecule is CC(C)CCCCCCCCCCC[C@H](O)CC(=O)O. The monoisotopic (exact) mass is 286 g/mol. The van der Waals surface area contributed by atoms with Gasteiger partial charge in [-0.25, -0.2) is 0 Å². The van der Waals surface area contributed by atoms with E-state index in [1.54, 1.807) is 0 Å². The number of aliphatic hydroxyl groups excluding tert-OH is 1. The van der Waals surface area contributed by atoms with Crippen molar-refractivity contribution < 1.29 is 15.0 Å². The van der Waals surface area contributed by atoms with Crippen LogP contribution in [0.1, 0.15) is 90.9 Å². The number of unbranched alkanes of at least 4 members (excludes halogenated alkanes) is 8. The Balaban J connectivity index is 3.11. The topological polar surface area (TPSA) is 57.5 Å². The minimum Gasteiger partial charge on any atom is -0.481 e. The first-order valence-electron chi connectivity index (χ1n) is 8.42. The van der Waals surface area contributed by atoms with Gasteiger partial charge in [-0.3, -0.25) is 4.79 Å². The Bertz CT molecular complexity index is 226. The standard InChI is InChI=1S/C17H34O3/c1-15(2)12-10-8-6-4-3-5-7-9-11-13-16(18)14-17(19)20/h15-16,18H,3-14H2,1-2H3,(H,19,20)/t16-/m0/s1. The van der Waals surface area contributed by atoms with Crippen LogP contribution in [-0.2, 0) is 4.79 Å². The van der Waals surface area contributed by atoms with Crippen LogP contribution in [0, 0.1) is 5.92 Å². The largest absolute Gasteiger partial charge is 0.481 e. The zero-order valence-corrected chi connectivity index (χ0v) is 13.4. The van der Waals surface area contributed by atoms with Crippen molar-refractivity contribution >= 4 is 5.97 Å². The van der Waals surface area contributed by atoms with Gasteiger partial charge >= 0.3 is 5.97 Å². The van der Waals surface area contributed by atoms with Gasteiger partial charge in [-0.1, -0.05) is 78.1 Å². The van der Waals surface area contributed by atoms with Gasteiger partial charge in [0.1, 0.15) is 0 Å². The molecule has 0 aromatic rings. The summed E-state index contributed by atoms with van der Waals surface area (Å²) in [5.41, 5.74) is 0. The molecule has 0 heterocycles. The third-order valence-corrected chi connectivity index (χ3v) is 3.73. The highest BCUT2D eigenvalue weighted by Crippen LogP contribution is 2.14. The number of carboxylic acid groups (broad SMARTS) is 1. The highest BCUT2D eigenvalue weighted by molar-refractivity contribution is 5.67. The molecular formula is C17H34O3. The summed E-state index contributed by atoms with van der Waals surface area (Å²) in [7, 11) is 0. The van der Waals surface area contributed by atoms with Crippen LogP contribution in [0.5, 0.6) is 0 Å². The summed E-state index contributed by atoms with van der Waals surface area (Å²) in [5.74, 6) is -0.0681.